The number of hydrogen-bond donors (Lipinski definition) is 1. The molecular formula is C14H15ClN2. The van der Waals surface area contributed by atoms with Gasteiger partial charge in [0.2, 0.25) is 0 Å². The van der Waals surface area contributed by atoms with Gasteiger partial charge in [0.25, 0.3) is 0 Å². The molecule has 0 unspecified atom stereocenters. The number of halogens is 1. The second kappa shape index (κ2) is 5.11. The molecule has 0 saturated carbocycles. The Balaban J connectivity index is 2.46. The molecule has 88 valence electrons. The highest BCUT2D eigenvalue weighted by Crippen LogP contribution is 2.34. The Kier molecular flexibility index (Phi) is 3.55. The van der Waals surface area contributed by atoms with Gasteiger partial charge >= 0.3 is 0 Å². The molecule has 0 atom stereocenters. The van der Waals surface area contributed by atoms with E-state index < -0.39 is 0 Å². The van der Waals surface area contributed by atoms with Crippen LogP contribution in [-0.2, 0) is 0 Å². The Morgan fingerprint density at radius 2 is 1.76 bits per heavy atom. The summed E-state index contributed by atoms with van der Waals surface area (Å²) in [5.41, 5.74) is 8.71. The van der Waals surface area contributed by atoms with Crippen LogP contribution in [0.2, 0.25) is 5.02 Å². The van der Waals surface area contributed by atoms with E-state index in [0.29, 0.717) is 10.7 Å². The molecule has 0 spiro atoms. The van der Waals surface area contributed by atoms with Gasteiger partial charge in [-0.1, -0.05) is 35.9 Å². The third kappa shape index (κ3) is 2.37. The minimum atomic E-state index is 0.594. The van der Waals surface area contributed by atoms with Crippen molar-refractivity contribution in [2.45, 2.75) is 6.92 Å². The topological polar surface area (TPSA) is 29.3 Å². The first kappa shape index (κ1) is 11.8. The second-order valence-electron chi connectivity index (χ2n) is 3.75. The highest BCUT2D eigenvalue weighted by molar-refractivity contribution is 6.33. The summed E-state index contributed by atoms with van der Waals surface area (Å²) in [6.45, 7) is 2.93. The van der Waals surface area contributed by atoms with Crippen molar-refractivity contribution in [3.05, 3.63) is 53.6 Å². The molecular weight excluding hydrogens is 232 g/mol. The van der Waals surface area contributed by atoms with Gasteiger partial charge in [-0.3, -0.25) is 0 Å². The maximum absolute atomic E-state index is 6.05. The summed E-state index contributed by atoms with van der Waals surface area (Å²) in [7, 11) is 0. The molecule has 0 aliphatic heterocycles. The lowest BCUT2D eigenvalue weighted by Crippen LogP contribution is -2.17. The van der Waals surface area contributed by atoms with Crippen LogP contribution in [0.25, 0.3) is 0 Å². The van der Waals surface area contributed by atoms with Crippen LogP contribution < -0.4 is 10.6 Å². The van der Waals surface area contributed by atoms with Crippen molar-refractivity contribution in [2.75, 3.05) is 17.2 Å². The molecule has 3 heteroatoms. The van der Waals surface area contributed by atoms with Crippen LogP contribution in [0, 0.1) is 0 Å². The van der Waals surface area contributed by atoms with Crippen LogP contribution in [0.4, 0.5) is 17.1 Å². The van der Waals surface area contributed by atoms with E-state index in [1.807, 2.05) is 30.3 Å². The number of rotatable bonds is 3. The predicted molar refractivity (Wildman–Crippen MR) is 75.0 cm³/mol. The number of nitrogens with two attached hydrogens (primary N) is 1. The van der Waals surface area contributed by atoms with E-state index in [1.54, 1.807) is 6.07 Å². The fourth-order valence-corrected chi connectivity index (χ4v) is 2.03. The number of anilines is 3. The molecule has 17 heavy (non-hydrogen) atoms. The molecule has 0 bridgehead atoms. The van der Waals surface area contributed by atoms with Crippen molar-refractivity contribution in [1.29, 1.82) is 0 Å². The Hall–Kier alpha value is -1.67. The third-order valence-corrected chi connectivity index (χ3v) is 3.03. The van der Waals surface area contributed by atoms with Gasteiger partial charge in [-0.25, -0.2) is 0 Å². The third-order valence-electron chi connectivity index (χ3n) is 2.70. The van der Waals surface area contributed by atoms with E-state index >= 15 is 0 Å². The maximum Gasteiger partial charge on any atom is 0.0744 e. The molecule has 0 aliphatic rings. The summed E-state index contributed by atoms with van der Waals surface area (Å²) >= 11 is 6.05. The van der Waals surface area contributed by atoms with Crippen molar-refractivity contribution < 1.29 is 0 Å². The first-order valence-corrected chi connectivity index (χ1v) is 5.98. The first-order chi connectivity index (χ1) is 8.24. The van der Waals surface area contributed by atoms with Crippen molar-refractivity contribution in [2.24, 2.45) is 0 Å². The molecule has 0 heterocycles. The van der Waals surface area contributed by atoms with E-state index in [0.717, 1.165) is 17.9 Å². The lowest BCUT2D eigenvalue weighted by molar-refractivity contribution is 1.03. The van der Waals surface area contributed by atoms with Crippen molar-refractivity contribution in [3.63, 3.8) is 0 Å². The molecule has 0 amide bonds. The quantitative estimate of drug-likeness (QED) is 0.827. The van der Waals surface area contributed by atoms with E-state index in [4.69, 9.17) is 17.3 Å². The van der Waals surface area contributed by atoms with Crippen molar-refractivity contribution in [3.8, 4) is 0 Å². The van der Waals surface area contributed by atoms with Gasteiger partial charge in [0.1, 0.15) is 0 Å². The second-order valence-corrected chi connectivity index (χ2v) is 4.16. The highest BCUT2D eigenvalue weighted by atomic mass is 35.5. The Bertz CT molecular complexity index is 497. The van der Waals surface area contributed by atoms with Crippen molar-refractivity contribution >= 4 is 28.7 Å². The monoisotopic (exact) mass is 246 g/mol. The number of benzene rings is 2. The first-order valence-electron chi connectivity index (χ1n) is 5.60. The molecule has 2 N–H and O–H groups in total. The van der Waals surface area contributed by atoms with E-state index in [-0.39, 0.29) is 0 Å². The Morgan fingerprint density at radius 3 is 2.41 bits per heavy atom. The van der Waals surface area contributed by atoms with Gasteiger partial charge in [0.15, 0.2) is 0 Å². The summed E-state index contributed by atoms with van der Waals surface area (Å²) in [6, 6.07) is 15.8. The molecule has 0 aromatic heterocycles. The summed E-state index contributed by atoms with van der Waals surface area (Å²) in [6.07, 6.45) is 0. The Morgan fingerprint density at radius 1 is 1.06 bits per heavy atom. The SMILES string of the molecule is CCN(c1ccccc1)c1cccc(Cl)c1N. The minimum absolute atomic E-state index is 0.594. The fraction of sp³-hybridized carbons (Fsp3) is 0.143. The van der Waals surface area contributed by atoms with Gasteiger partial charge in [-0.15, -0.1) is 0 Å². The van der Waals surface area contributed by atoms with E-state index in [9.17, 15) is 0 Å². The van der Waals surface area contributed by atoms with Crippen LogP contribution in [-0.4, -0.2) is 6.54 Å². The smallest absolute Gasteiger partial charge is 0.0744 e. The zero-order chi connectivity index (χ0) is 12.3. The molecule has 0 fully saturated rings. The lowest BCUT2D eigenvalue weighted by Gasteiger charge is -2.25. The molecule has 2 nitrogen and oxygen atoms in total. The number of hydrogen-bond acceptors (Lipinski definition) is 2. The molecule has 0 saturated heterocycles. The summed E-state index contributed by atoms with van der Waals surface area (Å²) in [5.74, 6) is 0. The lowest BCUT2D eigenvalue weighted by atomic mass is 10.2. The van der Waals surface area contributed by atoms with Crippen LogP contribution in [0.5, 0.6) is 0 Å². The van der Waals surface area contributed by atoms with Gasteiger partial charge < -0.3 is 10.6 Å². The van der Waals surface area contributed by atoms with Crippen LogP contribution >= 0.6 is 11.6 Å². The molecule has 2 rings (SSSR count). The minimum Gasteiger partial charge on any atom is -0.396 e. The van der Waals surface area contributed by atoms with E-state index in [1.165, 1.54) is 0 Å². The average molecular weight is 247 g/mol. The van der Waals surface area contributed by atoms with E-state index in [2.05, 4.69) is 24.0 Å². The van der Waals surface area contributed by atoms with Crippen LogP contribution in [0.1, 0.15) is 6.92 Å². The van der Waals surface area contributed by atoms with Gasteiger partial charge in [-0.05, 0) is 31.2 Å². The van der Waals surface area contributed by atoms with Gasteiger partial charge in [0, 0.05) is 12.2 Å². The van der Waals surface area contributed by atoms with Crippen LogP contribution in [0.15, 0.2) is 48.5 Å². The molecule has 2 aromatic rings. The number of nitrogen functional groups attached to an aromatic ring is 1. The average Bonchev–Trinajstić information content (AvgIpc) is 2.37. The predicted octanol–water partition coefficient (Wildman–Crippen LogP) is 4.08. The number of nitrogens with zero attached hydrogens (tertiary/aromatic N) is 1. The van der Waals surface area contributed by atoms with Gasteiger partial charge in [0.05, 0.1) is 16.4 Å². The standard InChI is InChI=1S/C14H15ClN2/c1-2-17(11-7-4-3-5-8-11)13-10-6-9-12(15)14(13)16/h3-10H,2,16H2,1H3. The fourth-order valence-electron chi connectivity index (χ4n) is 1.86. The highest BCUT2D eigenvalue weighted by Gasteiger charge is 2.11. The Labute approximate surface area is 107 Å². The zero-order valence-electron chi connectivity index (χ0n) is 9.73. The largest absolute Gasteiger partial charge is 0.396 e. The molecule has 0 aliphatic carbocycles. The summed E-state index contributed by atoms with van der Waals surface area (Å²) in [5, 5.41) is 0.594. The molecule has 2 aromatic carbocycles. The zero-order valence-corrected chi connectivity index (χ0v) is 10.5. The summed E-state index contributed by atoms with van der Waals surface area (Å²) in [4.78, 5) is 2.14. The summed E-state index contributed by atoms with van der Waals surface area (Å²) < 4.78 is 0. The maximum atomic E-state index is 6.05. The van der Waals surface area contributed by atoms with Gasteiger partial charge in [-0.2, -0.15) is 0 Å². The normalized spacial score (nSPS) is 10.2. The van der Waals surface area contributed by atoms with Crippen molar-refractivity contribution in [1.82, 2.24) is 0 Å². The molecule has 0 radical (unpaired) electrons. The number of para-hydroxylation sites is 2. The van der Waals surface area contributed by atoms with Crippen LogP contribution in [0.3, 0.4) is 0 Å².